The molecule has 26 heavy (non-hydrogen) atoms. The number of esters is 1. The van der Waals surface area contributed by atoms with Gasteiger partial charge in [0.15, 0.2) is 6.10 Å². The van der Waals surface area contributed by atoms with Gasteiger partial charge in [-0.05, 0) is 32.0 Å². The minimum absolute atomic E-state index is 0.278. The lowest BCUT2D eigenvalue weighted by atomic mass is 10.0. The number of rotatable bonds is 5. The molecular weight excluding hydrogens is 356 g/mol. The Morgan fingerprint density at radius 1 is 1.15 bits per heavy atom. The molecule has 0 N–H and O–H groups in total. The first-order chi connectivity index (χ1) is 12.5. The fourth-order valence-corrected chi connectivity index (χ4v) is 2.87. The number of benzene rings is 2. The van der Waals surface area contributed by atoms with Gasteiger partial charge in [-0.25, -0.2) is 9.59 Å². The first-order valence-electron chi connectivity index (χ1n) is 8.15. The van der Waals surface area contributed by atoms with Crippen molar-refractivity contribution in [3.05, 3.63) is 64.0 Å². The van der Waals surface area contributed by atoms with Gasteiger partial charge >= 0.3 is 11.6 Å². The monoisotopic (exact) mass is 372 g/mol. The number of fused-ring (bicyclic) bond motifs is 1. The molecule has 1 unspecified atom stereocenters. The molecule has 3 aromatic rings. The van der Waals surface area contributed by atoms with Crippen LogP contribution in [0, 0.1) is 0 Å². The molecule has 3 rings (SSSR count). The third kappa shape index (κ3) is 3.73. The molecule has 0 fully saturated rings. The molecule has 2 aromatic carbocycles. The predicted octanol–water partition coefficient (Wildman–Crippen LogP) is 4.44. The van der Waals surface area contributed by atoms with Crippen molar-refractivity contribution >= 4 is 28.5 Å². The SMILES string of the molecule is CCOC(=O)C(C)Oc1ccc2c(-c3ccccc3Cl)cc(=O)oc2c1. The molecule has 0 radical (unpaired) electrons. The summed E-state index contributed by atoms with van der Waals surface area (Å²) in [6.45, 7) is 3.60. The lowest BCUT2D eigenvalue weighted by molar-refractivity contribution is -0.150. The summed E-state index contributed by atoms with van der Waals surface area (Å²) in [4.78, 5) is 23.7. The zero-order valence-corrected chi connectivity index (χ0v) is 15.1. The summed E-state index contributed by atoms with van der Waals surface area (Å²) < 4.78 is 15.8. The molecule has 1 heterocycles. The third-order valence-corrected chi connectivity index (χ3v) is 4.14. The van der Waals surface area contributed by atoms with E-state index in [-0.39, 0.29) is 6.61 Å². The maximum Gasteiger partial charge on any atom is 0.347 e. The Kier molecular flexibility index (Phi) is 5.28. The van der Waals surface area contributed by atoms with Crippen molar-refractivity contribution in [1.82, 2.24) is 0 Å². The standard InChI is InChI=1S/C20H17ClO5/c1-3-24-20(23)12(2)25-13-8-9-15-16(11-19(22)26-18(15)10-13)14-6-4-5-7-17(14)21/h4-12H,3H2,1-2H3. The van der Waals surface area contributed by atoms with E-state index < -0.39 is 17.7 Å². The minimum atomic E-state index is -0.772. The van der Waals surface area contributed by atoms with E-state index in [0.717, 1.165) is 5.56 Å². The van der Waals surface area contributed by atoms with Crippen LogP contribution in [0.15, 0.2) is 57.7 Å². The Balaban J connectivity index is 2.03. The molecule has 1 atom stereocenters. The molecule has 1 aromatic heterocycles. The number of carbonyl (C=O) groups is 1. The number of halogens is 1. The smallest absolute Gasteiger partial charge is 0.347 e. The highest BCUT2D eigenvalue weighted by Crippen LogP contribution is 2.33. The average molecular weight is 373 g/mol. The van der Waals surface area contributed by atoms with E-state index in [1.165, 1.54) is 6.07 Å². The maximum absolute atomic E-state index is 12.0. The van der Waals surface area contributed by atoms with Gasteiger partial charge in [0.1, 0.15) is 11.3 Å². The summed E-state index contributed by atoms with van der Waals surface area (Å²) in [5, 5.41) is 1.25. The van der Waals surface area contributed by atoms with Crippen molar-refractivity contribution < 1.29 is 18.7 Å². The van der Waals surface area contributed by atoms with E-state index in [4.69, 9.17) is 25.5 Å². The molecule has 0 amide bonds. The van der Waals surface area contributed by atoms with Crippen molar-refractivity contribution in [1.29, 1.82) is 0 Å². The average Bonchev–Trinajstić information content (AvgIpc) is 2.61. The van der Waals surface area contributed by atoms with Gasteiger partial charge in [0, 0.05) is 33.7 Å². The summed E-state index contributed by atoms with van der Waals surface area (Å²) >= 11 is 6.27. The summed E-state index contributed by atoms with van der Waals surface area (Å²) in [7, 11) is 0. The predicted molar refractivity (Wildman–Crippen MR) is 99.7 cm³/mol. The lowest BCUT2D eigenvalue weighted by Crippen LogP contribution is -2.26. The van der Waals surface area contributed by atoms with Crippen molar-refractivity contribution in [2.45, 2.75) is 20.0 Å². The highest BCUT2D eigenvalue weighted by atomic mass is 35.5. The first kappa shape index (κ1) is 18.0. The van der Waals surface area contributed by atoms with Crippen LogP contribution >= 0.6 is 11.6 Å². The van der Waals surface area contributed by atoms with Crippen molar-refractivity contribution in [3.63, 3.8) is 0 Å². The van der Waals surface area contributed by atoms with E-state index >= 15 is 0 Å². The van der Waals surface area contributed by atoms with E-state index in [9.17, 15) is 9.59 Å². The molecule has 5 nitrogen and oxygen atoms in total. The summed E-state index contributed by atoms with van der Waals surface area (Å²) in [6, 6.07) is 13.7. The Morgan fingerprint density at radius 2 is 1.92 bits per heavy atom. The van der Waals surface area contributed by atoms with Gasteiger partial charge in [-0.3, -0.25) is 0 Å². The highest BCUT2D eigenvalue weighted by molar-refractivity contribution is 6.33. The lowest BCUT2D eigenvalue weighted by Gasteiger charge is -2.14. The molecule has 0 spiro atoms. The second-order valence-electron chi connectivity index (χ2n) is 5.63. The Hall–Kier alpha value is -2.79. The minimum Gasteiger partial charge on any atom is -0.479 e. The number of carbonyl (C=O) groups excluding carboxylic acids is 1. The van der Waals surface area contributed by atoms with Crippen molar-refractivity contribution in [3.8, 4) is 16.9 Å². The van der Waals surface area contributed by atoms with Gasteiger partial charge in [-0.1, -0.05) is 29.8 Å². The third-order valence-electron chi connectivity index (χ3n) is 3.81. The van der Waals surface area contributed by atoms with Crippen LogP contribution < -0.4 is 10.4 Å². The molecule has 134 valence electrons. The molecular formula is C20H17ClO5. The van der Waals surface area contributed by atoms with Gasteiger partial charge in [0.2, 0.25) is 0 Å². The zero-order valence-electron chi connectivity index (χ0n) is 14.3. The van der Waals surface area contributed by atoms with Gasteiger partial charge in [-0.2, -0.15) is 0 Å². The Morgan fingerprint density at radius 3 is 2.65 bits per heavy atom. The highest BCUT2D eigenvalue weighted by Gasteiger charge is 2.17. The number of ether oxygens (including phenoxy) is 2. The van der Waals surface area contributed by atoms with Gasteiger partial charge in [-0.15, -0.1) is 0 Å². The molecule has 0 saturated carbocycles. The molecule has 0 aliphatic heterocycles. The van der Waals surface area contributed by atoms with E-state index in [0.29, 0.717) is 27.3 Å². The van der Waals surface area contributed by atoms with Gasteiger partial charge in [0.05, 0.1) is 6.61 Å². The van der Waals surface area contributed by atoms with Crippen LogP contribution in [0.5, 0.6) is 5.75 Å². The van der Waals surface area contributed by atoms with Crippen LogP contribution in [-0.2, 0) is 9.53 Å². The van der Waals surface area contributed by atoms with Crippen molar-refractivity contribution in [2.75, 3.05) is 6.61 Å². The summed E-state index contributed by atoms with van der Waals surface area (Å²) in [5.74, 6) is -0.0589. The van der Waals surface area contributed by atoms with E-state index in [2.05, 4.69) is 0 Å². The fourth-order valence-electron chi connectivity index (χ4n) is 2.63. The normalized spacial score (nSPS) is 12.0. The van der Waals surface area contributed by atoms with Crippen LogP contribution in [0.3, 0.4) is 0 Å². The topological polar surface area (TPSA) is 65.7 Å². The summed E-state index contributed by atoms with van der Waals surface area (Å²) in [6.07, 6.45) is -0.772. The van der Waals surface area contributed by atoms with Crippen LogP contribution in [0.25, 0.3) is 22.1 Å². The van der Waals surface area contributed by atoms with Crippen LogP contribution in [0.4, 0.5) is 0 Å². The Labute approximate surface area is 155 Å². The van der Waals surface area contributed by atoms with Gasteiger partial charge < -0.3 is 13.9 Å². The van der Waals surface area contributed by atoms with Crippen LogP contribution in [0.1, 0.15) is 13.8 Å². The molecule has 0 bridgehead atoms. The molecule has 6 heteroatoms. The second-order valence-corrected chi connectivity index (χ2v) is 6.04. The summed E-state index contributed by atoms with van der Waals surface area (Å²) in [5.41, 5.74) is 1.26. The van der Waals surface area contributed by atoms with Crippen molar-refractivity contribution in [2.24, 2.45) is 0 Å². The van der Waals surface area contributed by atoms with E-state index in [1.54, 1.807) is 38.1 Å². The Bertz CT molecular complexity index is 1010. The second kappa shape index (κ2) is 7.62. The molecule has 0 aliphatic rings. The first-order valence-corrected chi connectivity index (χ1v) is 8.53. The van der Waals surface area contributed by atoms with Crippen LogP contribution in [0.2, 0.25) is 5.02 Å². The number of hydrogen-bond donors (Lipinski definition) is 0. The quantitative estimate of drug-likeness (QED) is 0.489. The van der Waals surface area contributed by atoms with E-state index in [1.807, 2.05) is 18.2 Å². The van der Waals surface area contributed by atoms with Gasteiger partial charge in [0.25, 0.3) is 0 Å². The zero-order chi connectivity index (χ0) is 18.7. The maximum atomic E-state index is 12.0. The molecule has 0 saturated heterocycles. The van der Waals surface area contributed by atoms with Crippen LogP contribution in [-0.4, -0.2) is 18.7 Å². The fraction of sp³-hybridized carbons (Fsp3) is 0.200. The largest absolute Gasteiger partial charge is 0.479 e. The molecule has 0 aliphatic carbocycles. The number of hydrogen-bond acceptors (Lipinski definition) is 5.